The van der Waals surface area contributed by atoms with E-state index >= 15 is 0 Å². The van der Waals surface area contributed by atoms with Gasteiger partial charge in [0.25, 0.3) is 0 Å². The van der Waals surface area contributed by atoms with Gasteiger partial charge in [-0.1, -0.05) is 6.92 Å². The van der Waals surface area contributed by atoms with E-state index in [0.717, 1.165) is 0 Å². The summed E-state index contributed by atoms with van der Waals surface area (Å²) < 4.78 is 0. The first-order valence-electron chi connectivity index (χ1n) is 2.14. The third-order valence-electron chi connectivity index (χ3n) is 0.541. The highest BCUT2D eigenvalue weighted by Gasteiger charge is 1.93. The van der Waals surface area contributed by atoms with Gasteiger partial charge in [0.05, 0.1) is 0 Å². The van der Waals surface area contributed by atoms with Crippen molar-refractivity contribution in [3.8, 4) is 0 Å². The smallest absolute Gasteiger partial charge is 0.247 e. The minimum atomic E-state index is -0.275. The molecule has 0 aliphatic rings. The molecule has 0 fully saturated rings. The van der Waals surface area contributed by atoms with Gasteiger partial charge in [0, 0.05) is 6.42 Å². The monoisotopic (exact) mass is 114 g/mol. The molecule has 0 unspecified atom stereocenters. The average molecular weight is 114 g/mol. The minimum absolute atomic E-state index is 0.275. The number of nitrogens with one attached hydrogen (secondary N) is 1. The summed E-state index contributed by atoms with van der Waals surface area (Å²) in [6.45, 7) is 1.67. The Balaban J connectivity index is 3.39. The maximum absolute atomic E-state index is 10.2. The first-order chi connectivity index (χ1) is 3.81. The van der Waals surface area contributed by atoms with Crippen LogP contribution in [0.2, 0.25) is 0 Å². The van der Waals surface area contributed by atoms with Gasteiger partial charge in [-0.15, -0.1) is 5.53 Å². The molecule has 0 rings (SSSR count). The maximum atomic E-state index is 10.2. The van der Waals surface area contributed by atoms with Crippen molar-refractivity contribution in [1.29, 1.82) is 0 Å². The number of carbonyl (C=O) groups is 1. The molecular weight excluding hydrogens is 108 g/mol. The minimum Gasteiger partial charge on any atom is -0.247 e. The molecule has 0 aliphatic heterocycles. The Morgan fingerprint density at radius 1 is 2.00 bits per heavy atom. The van der Waals surface area contributed by atoms with Crippen molar-refractivity contribution in [2.45, 2.75) is 13.3 Å². The zero-order valence-electron chi connectivity index (χ0n) is 4.46. The summed E-state index contributed by atoms with van der Waals surface area (Å²) in [6, 6.07) is 0. The fourth-order valence-electron chi connectivity index (χ4n) is 0.157. The van der Waals surface area contributed by atoms with E-state index in [1.807, 2.05) is 5.43 Å². The second kappa shape index (κ2) is 3.95. The summed E-state index contributed by atoms with van der Waals surface area (Å²) in [7, 11) is 0. The van der Waals surface area contributed by atoms with Gasteiger partial charge in [0.15, 0.2) is 0 Å². The van der Waals surface area contributed by atoms with E-state index in [1.54, 1.807) is 6.92 Å². The third-order valence-corrected chi connectivity index (χ3v) is 0.541. The van der Waals surface area contributed by atoms with E-state index in [-0.39, 0.29) is 5.91 Å². The summed E-state index contributed by atoms with van der Waals surface area (Å²) in [6.07, 6.45) is 0.332. The van der Waals surface area contributed by atoms with Crippen LogP contribution < -0.4 is 5.43 Å². The molecule has 0 atom stereocenters. The number of nitrogens with zero attached hydrogens (tertiary/aromatic N) is 3. The summed E-state index contributed by atoms with van der Waals surface area (Å²) in [5.41, 5.74) is 9.61. The highest BCUT2D eigenvalue weighted by Crippen LogP contribution is 1.72. The lowest BCUT2D eigenvalue weighted by Crippen LogP contribution is -2.13. The number of hydrogen-bond donors (Lipinski definition) is 1. The molecule has 0 spiro atoms. The van der Waals surface area contributed by atoms with Gasteiger partial charge in [-0.05, 0) is 5.22 Å². The molecule has 0 aromatic heterocycles. The first-order valence-corrected chi connectivity index (χ1v) is 2.14. The van der Waals surface area contributed by atoms with Gasteiger partial charge in [0.2, 0.25) is 0 Å². The van der Waals surface area contributed by atoms with Crippen LogP contribution in [0, 0.1) is 0 Å². The lowest BCUT2D eigenvalue weighted by Gasteiger charge is -1.83. The van der Waals surface area contributed by atoms with Gasteiger partial charge >= 0.3 is 5.91 Å². The Hall–Kier alpha value is -1.22. The molecule has 1 N–H and O–H groups in total. The van der Waals surface area contributed by atoms with Crippen LogP contribution in [0.3, 0.4) is 0 Å². The molecule has 0 bridgehead atoms. The summed E-state index contributed by atoms with van der Waals surface area (Å²) in [5.74, 6) is -0.275. The fraction of sp³-hybridized carbons (Fsp3) is 0.667. The van der Waals surface area contributed by atoms with Crippen LogP contribution in [0.5, 0.6) is 0 Å². The SMILES string of the molecule is CCC(=O)NN=[N+]=[N-]. The Morgan fingerprint density at radius 2 is 2.62 bits per heavy atom. The van der Waals surface area contributed by atoms with Crippen LogP contribution in [0.25, 0.3) is 10.4 Å². The van der Waals surface area contributed by atoms with Crippen molar-refractivity contribution in [2.75, 3.05) is 0 Å². The fourth-order valence-corrected chi connectivity index (χ4v) is 0.157. The third kappa shape index (κ3) is 2.99. The van der Waals surface area contributed by atoms with E-state index in [4.69, 9.17) is 5.53 Å². The van der Waals surface area contributed by atoms with Gasteiger partial charge in [-0.2, -0.15) is 10.3 Å². The molecule has 0 heterocycles. The van der Waals surface area contributed by atoms with Crippen LogP contribution in [-0.2, 0) is 4.79 Å². The molecular formula is C3H6N4O. The molecule has 5 heteroatoms. The average Bonchev–Trinajstić information content (AvgIpc) is 1.83. The zero-order chi connectivity index (χ0) is 6.41. The Bertz CT molecular complexity index is 125. The predicted molar refractivity (Wildman–Crippen MR) is 27.6 cm³/mol. The second-order valence-corrected chi connectivity index (χ2v) is 1.08. The molecule has 44 valence electrons. The summed E-state index contributed by atoms with van der Waals surface area (Å²) in [5, 5.41) is 2.82. The molecule has 0 saturated heterocycles. The molecule has 0 aromatic carbocycles. The lowest BCUT2D eigenvalue weighted by atomic mass is 10.5. The van der Waals surface area contributed by atoms with Crippen molar-refractivity contribution in [2.24, 2.45) is 5.22 Å². The number of rotatable bonds is 2. The van der Waals surface area contributed by atoms with Crippen molar-refractivity contribution in [1.82, 2.24) is 5.43 Å². The van der Waals surface area contributed by atoms with Gasteiger partial charge < -0.3 is 0 Å². The first kappa shape index (κ1) is 6.78. The topological polar surface area (TPSA) is 77.9 Å². The van der Waals surface area contributed by atoms with Crippen LogP contribution in [-0.4, -0.2) is 5.91 Å². The highest BCUT2D eigenvalue weighted by atomic mass is 16.2. The second-order valence-electron chi connectivity index (χ2n) is 1.08. The van der Waals surface area contributed by atoms with E-state index in [9.17, 15) is 4.79 Å². The lowest BCUT2D eigenvalue weighted by molar-refractivity contribution is -0.120. The standard InChI is InChI=1S/C3H6N4O/c1-2-3(8)5-7-6-4/h2H2,1H3,(H,5,8). The van der Waals surface area contributed by atoms with Gasteiger partial charge in [0.1, 0.15) is 0 Å². The number of azide groups is 1. The molecule has 5 nitrogen and oxygen atoms in total. The summed E-state index contributed by atoms with van der Waals surface area (Å²) >= 11 is 0. The normalized spacial score (nSPS) is 7.12. The van der Waals surface area contributed by atoms with Crippen molar-refractivity contribution < 1.29 is 4.79 Å². The Morgan fingerprint density at radius 3 is 3.00 bits per heavy atom. The molecule has 0 saturated carbocycles. The van der Waals surface area contributed by atoms with E-state index in [2.05, 4.69) is 10.1 Å². The predicted octanol–water partition coefficient (Wildman–Crippen LogP) is 0.738. The van der Waals surface area contributed by atoms with Crippen LogP contribution in [0.1, 0.15) is 13.3 Å². The van der Waals surface area contributed by atoms with Gasteiger partial charge in [-0.25, -0.2) is 4.79 Å². The van der Waals surface area contributed by atoms with Crippen molar-refractivity contribution >= 4 is 5.91 Å². The summed E-state index contributed by atoms with van der Waals surface area (Å²) in [4.78, 5) is 12.5. The molecule has 8 heavy (non-hydrogen) atoms. The van der Waals surface area contributed by atoms with Crippen LogP contribution in [0.15, 0.2) is 5.22 Å². The highest BCUT2D eigenvalue weighted by molar-refractivity contribution is 5.74. The quantitative estimate of drug-likeness (QED) is 0.244. The number of carbonyl (C=O) groups excluding carboxylic acids is 1. The van der Waals surface area contributed by atoms with E-state index in [1.165, 1.54) is 0 Å². The van der Waals surface area contributed by atoms with Crippen molar-refractivity contribution in [3.63, 3.8) is 0 Å². The van der Waals surface area contributed by atoms with Crippen LogP contribution in [0.4, 0.5) is 0 Å². The molecule has 0 aliphatic carbocycles. The van der Waals surface area contributed by atoms with Crippen molar-refractivity contribution in [3.05, 3.63) is 10.4 Å². The maximum Gasteiger partial charge on any atom is 0.310 e. The van der Waals surface area contributed by atoms with Crippen LogP contribution >= 0.6 is 0 Å². The van der Waals surface area contributed by atoms with E-state index < -0.39 is 0 Å². The molecule has 1 amide bonds. The van der Waals surface area contributed by atoms with Gasteiger partial charge in [-0.3, -0.25) is 0 Å². The molecule has 0 radical (unpaired) electrons. The Labute approximate surface area is 46.3 Å². The number of hydrogen-bond acceptors (Lipinski definition) is 2. The molecule has 0 aromatic rings. The van der Waals surface area contributed by atoms with E-state index in [0.29, 0.717) is 6.42 Å². The zero-order valence-corrected chi connectivity index (χ0v) is 4.46. The number of amides is 1. The Kier molecular flexibility index (Phi) is 3.35. The largest absolute Gasteiger partial charge is 0.310 e.